The minimum atomic E-state index is -3.52. The van der Waals surface area contributed by atoms with Crippen LogP contribution in [0.25, 0.3) is 0 Å². The molecule has 0 saturated carbocycles. The van der Waals surface area contributed by atoms with Gasteiger partial charge in [-0.25, -0.2) is 12.8 Å². The first-order chi connectivity index (χ1) is 11.5. The molecule has 0 amide bonds. The molecule has 3 unspecified atom stereocenters. The van der Waals surface area contributed by atoms with E-state index in [0.717, 1.165) is 25.7 Å². The molecule has 2 N–H and O–H groups in total. The number of nitrogens with two attached hydrogens (primary N) is 1. The number of sulfonamides is 1. The number of piperidine rings is 1. The Morgan fingerprint density at radius 1 is 1.29 bits per heavy atom. The third kappa shape index (κ3) is 4.14. The third-order valence-electron chi connectivity index (χ3n) is 4.88. The summed E-state index contributed by atoms with van der Waals surface area (Å²) in [5, 5.41) is 0. The predicted molar refractivity (Wildman–Crippen MR) is 90.3 cm³/mol. The van der Waals surface area contributed by atoms with Crippen LogP contribution in [0.4, 0.5) is 4.39 Å². The highest BCUT2D eigenvalue weighted by molar-refractivity contribution is 7.88. The number of benzene rings is 1. The van der Waals surface area contributed by atoms with Crippen molar-refractivity contribution in [1.82, 2.24) is 4.31 Å². The zero-order chi connectivity index (χ0) is 17.2. The molecule has 1 aromatic carbocycles. The monoisotopic (exact) mass is 356 g/mol. The molecule has 2 heterocycles. The molecule has 0 aliphatic carbocycles. The van der Waals surface area contributed by atoms with E-state index < -0.39 is 15.8 Å². The van der Waals surface area contributed by atoms with E-state index >= 15 is 0 Å². The summed E-state index contributed by atoms with van der Waals surface area (Å²) in [7, 11) is -3.52. The van der Waals surface area contributed by atoms with Crippen molar-refractivity contribution < 1.29 is 17.5 Å². The number of hydrogen-bond donors (Lipinski definition) is 1. The maximum Gasteiger partial charge on any atom is 0.218 e. The van der Waals surface area contributed by atoms with Crippen molar-refractivity contribution >= 4 is 10.0 Å². The van der Waals surface area contributed by atoms with Gasteiger partial charge in [-0.1, -0.05) is 18.6 Å². The molecule has 2 saturated heterocycles. The SMILES string of the molecule is NC1CCOC(C2CCCCN2S(=O)(=O)Cc2cccc(F)c2)C1. The van der Waals surface area contributed by atoms with Gasteiger partial charge in [0.25, 0.3) is 0 Å². The lowest BCUT2D eigenvalue weighted by Crippen LogP contribution is -2.53. The second-order valence-electron chi connectivity index (χ2n) is 6.75. The Morgan fingerprint density at radius 2 is 2.12 bits per heavy atom. The number of hydrogen-bond acceptors (Lipinski definition) is 4. The number of rotatable bonds is 4. The lowest BCUT2D eigenvalue weighted by atomic mass is 9.93. The van der Waals surface area contributed by atoms with Crippen LogP contribution in [0.15, 0.2) is 24.3 Å². The minimum absolute atomic E-state index is 0.0680. The van der Waals surface area contributed by atoms with Crippen molar-refractivity contribution in [2.45, 2.75) is 56.0 Å². The van der Waals surface area contributed by atoms with Gasteiger partial charge in [-0.15, -0.1) is 0 Å². The molecule has 5 nitrogen and oxygen atoms in total. The summed E-state index contributed by atoms with van der Waals surface area (Å²) in [4.78, 5) is 0. The fraction of sp³-hybridized carbons (Fsp3) is 0.647. The van der Waals surface area contributed by atoms with Gasteiger partial charge < -0.3 is 10.5 Å². The second kappa shape index (κ2) is 7.47. The van der Waals surface area contributed by atoms with Crippen LogP contribution in [0.3, 0.4) is 0 Å². The van der Waals surface area contributed by atoms with Crippen LogP contribution in [-0.4, -0.2) is 44.1 Å². The second-order valence-corrected chi connectivity index (χ2v) is 8.68. The van der Waals surface area contributed by atoms with Gasteiger partial charge in [-0.05, 0) is 43.4 Å². The van der Waals surface area contributed by atoms with Gasteiger partial charge in [-0.2, -0.15) is 4.31 Å². The quantitative estimate of drug-likeness (QED) is 0.896. The summed E-state index contributed by atoms with van der Waals surface area (Å²) in [6.07, 6.45) is 4.00. The first kappa shape index (κ1) is 17.8. The van der Waals surface area contributed by atoms with E-state index in [0.29, 0.717) is 25.1 Å². The van der Waals surface area contributed by atoms with E-state index in [-0.39, 0.29) is 23.9 Å². The lowest BCUT2D eigenvalue weighted by Gasteiger charge is -2.41. The van der Waals surface area contributed by atoms with Gasteiger partial charge in [0.05, 0.1) is 17.9 Å². The molecule has 2 fully saturated rings. The molecule has 0 bridgehead atoms. The fourth-order valence-electron chi connectivity index (χ4n) is 3.69. The van der Waals surface area contributed by atoms with Crippen molar-refractivity contribution in [2.24, 2.45) is 5.73 Å². The van der Waals surface area contributed by atoms with E-state index in [1.165, 1.54) is 18.2 Å². The van der Waals surface area contributed by atoms with Crippen molar-refractivity contribution in [3.05, 3.63) is 35.6 Å². The summed E-state index contributed by atoms with van der Waals surface area (Å²) in [6.45, 7) is 1.08. The Morgan fingerprint density at radius 3 is 2.88 bits per heavy atom. The average molecular weight is 356 g/mol. The third-order valence-corrected chi connectivity index (χ3v) is 6.74. The molecular formula is C17H25FN2O3S. The Labute approximate surface area is 143 Å². The zero-order valence-electron chi connectivity index (χ0n) is 13.7. The van der Waals surface area contributed by atoms with Crippen molar-refractivity contribution in [2.75, 3.05) is 13.2 Å². The predicted octanol–water partition coefficient (Wildman–Crippen LogP) is 2.02. The van der Waals surface area contributed by atoms with Crippen LogP contribution >= 0.6 is 0 Å². The standard InChI is InChI=1S/C17H25FN2O3S/c18-14-5-3-4-13(10-14)12-24(21,22)20-8-2-1-6-16(20)17-11-15(19)7-9-23-17/h3-5,10,15-17H,1-2,6-9,11-12,19H2. The molecule has 2 aliphatic rings. The van der Waals surface area contributed by atoms with Gasteiger partial charge in [0.2, 0.25) is 10.0 Å². The van der Waals surface area contributed by atoms with Gasteiger partial charge in [-0.3, -0.25) is 0 Å². The van der Waals surface area contributed by atoms with Gasteiger partial charge in [0, 0.05) is 19.2 Å². The van der Waals surface area contributed by atoms with Gasteiger partial charge in [0.1, 0.15) is 5.82 Å². The first-order valence-electron chi connectivity index (χ1n) is 8.57. The highest BCUT2D eigenvalue weighted by Gasteiger charge is 2.39. The molecule has 0 aromatic heterocycles. The Kier molecular flexibility index (Phi) is 5.54. The minimum Gasteiger partial charge on any atom is -0.376 e. The van der Waals surface area contributed by atoms with Crippen LogP contribution < -0.4 is 5.73 Å². The highest BCUT2D eigenvalue weighted by Crippen LogP contribution is 2.29. The maximum atomic E-state index is 13.4. The van der Waals surface area contributed by atoms with Gasteiger partial charge >= 0.3 is 0 Å². The van der Waals surface area contributed by atoms with Crippen molar-refractivity contribution in [3.8, 4) is 0 Å². The molecule has 3 rings (SSSR count). The smallest absolute Gasteiger partial charge is 0.218 e. The van der Waals surface area contributed by atoms with Crippen LogP contribution in [-0.2, 0) is 20.5 Å². The van der Waals surface area contributed by atoms with E-state index in [9.17, 15) is 12.8 Å². The summed E-state index contributed by atoms with van der Waals surface area (Å²) in [5.41, 5.74) is 6.51. The molecule has 1 aromatic rings. The van der Waals surface area contributed by atoms with Gasteiger partial charge in [0.15, 0.2) is 0 Å². The lowest BCUT2D eigenvalue weighted by molar-refractivity contribution is -0.0386. The molecule has 134 valence electrons. The normalized spacial score (nSPS) is 29.5. The largest absolute Gasteiger partial charge is 0.376 e. The van der Waals surface area contributed by atoms with E-state index in [1.807, 2.05) is 0 Å². The van der Waals surface area contributed by atoms with Crippen molar-refractivity contribution in [3.63, 3.8) is 0 Å². The van der Waals surface area contributed by atoms with Crippen LogP contribution in [0, 0.1) is 5.82 Å². The van der Waals surface area contributed by atoms with Crippen LogP contribution in [0.5, 0.6) is 0 Å². The Bertz CT molecular complexity index is 668. The van der Waals surface area contributed by atoms with Crippen LogP contribution in [0.2, 0.25) is 0 Å². The van der Waals surface area contributed by atoms with E-state index in [1.54, 1.807) is 10.4 Å². The summed E-state index contributed by atoms with van der Waals surface area (Å²) in [6, 6.07) is 5.69. The number of nitrogens with zero attached hydrogens (tertiary/aromatic N) is 1. The zero-order valence-corrected chi connectivity index (χ0v) is 14.6. The number of ether oxygens (including phenoxy) is 1. The molecule has 24 heavy (non-hydrogen) atoms. The topological polar surface area (TPSA) is 72.6 Å². The molecule has 0 radical (unpaired) electrons. The molecule has 2 aliphatic heterocycles. The van der Waals surface area contributed by atoms with E-state index in [2.05, 4.69) is 0 Å². The summed E-state index contributed by atoms with van der Waals surface area (Å²) in [5.74, 6) is -0.598. The first-order valence-corrected chi connectivity index (χ1v) is 10.2. The molecule has 7 heteroatoms. The molecular weight excluding hydrogens is 331 g/mol. The molecule has 0 spiro atoms. The van der Waals surface area contributed by atoms with Crippen molar-refractivity contribution in [1.29, 1.82) is 0 Å². The van der Waals surface area contributed by atoms with Crippen LogP contribution in [0.1, 0.15) is 37.7 Å². The fourth-order valence-corrected chi connectivity index (χ4v) is 5.52. The highest BCUT2D eigenvalue weighted by atomic mass is 32.2. The maximum absolute atomic E-state index is 13.4. The molecule has 3 atom stereocenters. The van der Waals surface area contributed by atoms with E-state index in [4.69, 9.17) is 10.5 Å². The summed E-state index contributed by atoms with van der Waals surface area (Å²) >= 11 is 0. The Hall–Kier alpha value is -1.02. The summed E-state index contributed by atoms with van der Waals surface area (Å²) < 4.78 is 46.6. The number of halogens is 1. The average Bonchev–Trinajstić information content (AvgIpc) is 2.54. The Balaban J connectivity index is 1.78.